The Kier molecular flexibility index (Phi) is 8.17. The smallest absolute Gasteiger partial charge is 0.224 e. The summed E-state index contributed by atoms with van der Waals surface area (Å²) in [5.74, 6) is 0.587. The fourth-order valence-corrected chi connectivity index (χ4v) is 1.37. The van der Waals surface area contributed by atoms with E-state index in [0.29, 0.717) is 18.9 Å². The van der Waals surface area contributed by atoms with E-state index < -0.39 is 0 Å². The van der Waals surface area contributed by atoms with Crippen LogP contribution in [0, 0.1) is 5.92 Å². The molecule has 0 bridgehead atoms. The van der Waals surface area contributed by atoms with E-state index in [1.165, 1.54) is 0 Å². The van der Waals surface area contributed by atoms with Gasteiger partial charge in [0.25, 0.3) is 0 Å². The van der Waals surface area contributed by atoms with Gasteiger partial charge in [0.2, 0.25) is 5.91 Å². The van der Waals surface area contributed by atoms with Crippen LogP contribution >= 0.6 is 0 Å². The van der Waals surface area contributed by atoms with Crippen LogP contribution in [-0.2, 0) is 9.53 Å². The van der Waals surface area contributed by atoms with Crippen LogP contribution in [0.25, 0.3) is 0 Å². The molecule has 4 nitrogen and oxygen atoms in total. The Balaban J connectivity index is 3.74. The van der Waals surface area contributed by atoms with Crippen LogP contribution in [0.5, 0.6) is 0 Å². The first-order valence-electron chi connectivity index (χ1n) is 6.45. The maximum atomic E-state index is 11.7. The lowest BCUT2D eigenvalue weighted by Gasteiger charge is -2.21. The molecular formula is C13H28N2O2. The topological polar surface area (TPSA) is 55.6 Å². The Bertz CT molecular complexity index is 217. The molecule has 0 aromatic heterocycles. The van der Waals surface area contributed by atoms with Crippen LogP contribution in [0.15, 0.2) is 0 Å². The average Bonchev–Trinajstić information content (AvgIpc) is 2.24. The van der Waals surface area contributed by atoms with Crippen molar-refractivity contribution in [3.8, 4) is 0 Å². The van der Waals surface area contributed by atoms with Crippen LogP contribution in [0.3, 0.4) is 0 Å². The SMILES string of the molecule is CC(C)OCCC(=O)N(C)CCC(N)C(C)C. The summed E-state index contributed by atoms with van der Waals surface area (Å²) in [6.07, 6.45) is 1.48. The van der Waals surface area contributed by atoms with E-state index in [0.717, 1.165) is 13.0 Å². The number of carbonyl (C=O) groups excluding carboxylic acids is 1. The second kappa shape index (κ2) is 8.48. The van der Waals surface area contributed by atoms with E-state index in [-0.39, 0.29) is 18.1 Å². The number of hydrogen-bond donors (Lipinski definition) is 1. The summed E-state index contributed by atoms with van der Waals surface area (Å²) < 4.78 is 5.35. The highest BCUT2D eigenvalue weighted by Crippen LogP contribution is 2.04. The molecule has 0 aliphatic rings. The molecule has 0 spiro atoms. The molecule has 1 amide bonds. The molecule has 17 heavy (non-hydrogen) atoms. The van der Waals surface area contributed by atoms with E-state index in [4.69, 9.17) is 10.5 Å². The van der Waals surface area contributed by atoms with Gasteiger partial charge < -0.3 is 15.4 Å². The van der Waals surface area contributed by atoms with Crippen molar-refractivity contribution >= 4 is 5.91 Å². The zero-order valence-electron chi connectivity index (χ0n) is 11.9. The highest BCUT2D eigenvalue weighted by Gasteiger charge is 2.12. The van der Waals surface area contributed by atoms with Crippen molar-refractivity contribution in [3.63, 3.8) is 0 Å². The van der Waals surface area contributed by atoms with E-state index in [9.17, 15) is 4.79 Å². The third-order valence-corrected chi connectivity index (χ3v) is 2.85. The van der Waals surface area contributed by atoms with Crippen molar-refractivity contribution in [1.82, 2.24) is 4.90 Å². The first-order valence-corrected chi connectivity index (χ1v) is 6.45. The molecule has 0 saturated carbocycles. The molecule has 0 aromatic carbocycles. The molecule has 0 saturated heterocycles. The second-order valence-electron chi connectivity index (χ2n) is 5.18. The minimum Gasteiger partial charge on any atom is -0.378 e. The number of nitrogens with two attached hydrogens (primary N) is 1. The highest BCUT2D eigenvalue weighted by molar-refractivity contribution is 5.75. The predicted octanol–water partition coefficient (Wildman–Crippen LogP) is 1.63. The van der Waals surface area contributed by atoms with Crippen molar-refractivity contribution in [2.45, 2.75) is 52.7 Å². The number of amides is 1. The molecule has 0 heterocycles. The van der Waals surface area contributed by atoms with Gasteiger partial charge in [0.1, 0.15) is 0 Å². The Hall–Kier alpha value is -0.610. The van der Waals surface area contributed by atoms with Gasteiger partial charge in [-0.1, -0.05) is 13.8 Å². The fourth-order valence-electron chi connectivity index (χ4n) is 1.37. The molecule has 0 aliphatic carbocycles. The second-order valence-corrected chi connectivity index (χ2v) is 5.18. The van der Waals surface area contributed by atoms with E-state index in [1.807, 2.05) is 20.9 Å². The fraction of sp³-hybridized carbons (Fsp3) is 0.923. The van der Waals surface area contributed by atoms with Gasteiger partial charge in [-0.15, -0.1) is 0 Å². The van der Waals surface area contributed by atoms with Gasteiger partial charge in [0, 0.05) is 19.6 Å². The standard InChI is InChI=1S/C13H28N2O2/c1-10(2)12(14)6-8-15(5)13(16)7-9-17-11(3)4/h10-12H,6-9,14H2,1-5H3. The van der Waals surface area contributed by atoms with Crippen molar-refractivity contribution < 1.29 is 9.53 Å². The molecule has 0 fully saturated rings. The highest BCUT2D eigenvalue weighted by atomic mass is 16.5. The molecule has 0 aliphatic heterocycles. The zero-order valence-corrected chi connectivity index (χ0v) is 11.9. The van der Waals surface area contributed by atoms with Crippen molar-refractivity contribution in [2.75, 3.05) is 20.2 Å². The van der Waals surface area contributed by atoms with Gasteiger partial charge in [-0.05, 0) is 26.2 Å². The van der Waals surface area contributed by atoms with Crippen molar-refractivity contribution in [1.29, 1.82) is 0 Å². The number of carbonyl (C=O) groups is 1. The Morgan fingerprint density at radius 3 is 2.35 bits per heavy atom. The van der Waals surface area contributed by atoms with Crippen LogP contribution in [0.4, 0.5) is 0 Å². The Morgan fingerprint density at radius 2 is 1.88 bits per heavy atom. The first kappa shape index (κ1) is 16.4. The van der Waals surface area contributed by atoms with Gasteiger partial charge in [-0.3, -0.25) is 4.79 Å². The summed E-state index contributed by atoms with van der Waals surface area (Å²) in [6, 6.07) is 0.164. The minimum absolute atomic E-state index is 0.126. The molecule has 1 atom stereocenters. The lowest BCUT2D eigenvalue weighted by molar-refractivity contribution is -0.131. The van der Waals surface area contributed by atoms with Gasteiger partial charge in [-0.2, -0.15) is 0 Å². The summed E-state index contributed by atoms with van der Waals surface area (Å²) >= 11 is 0. The molecule has 4 heteroatoms. The molecule has 102 valence electrons. The molecule has 0 aromatic rings. The van der Waals surface area contributed by atoms with Crippen LogP contribution in [0.1, 0.15) is 40.5 Å². The average molecular weight is 244 g/mol. The number of ether oxygens (including phenoxy) is 1. The van der Waals surface area contributed by atoms with Crippen molar-refractivity contribution in [2.24, 2.45) is 11.7 Å². The lowest BCUT2D eigenvalue weighted by Crippen LogP contribution is -2.35. The van der Waals surface area contributed by atoms with Gasteiger partial charge in [0.15, 0.2) is 0 Å². The van der Waals surface area contributed by atoms with Gasteiger partial charge in [0.05, 0.1) is 19.1 Å². The lowest BCUT2D eigenvalue weighted by atomic mass is 10.0. The molecule has 2 N–H and O–H groups in total. The van der Waals surface area contributed by atoms with E-state index >= 15 is 0 Å². The molecule has 1 unspecified atom stereocenters. The Morgan fingerprint density at radius 1 is 1.29 bits per heavy atom. The maximum absolute atomic E-state index is 11.7. The van der Waals surface area contributed by atoms with Crippen LogP contribution in [0.2, 0.25) is 0 Å². The van der Waals surface area contributed by atoms with Gasteiger partial charge in [-0.25, -0.2) is 0 Å². The summed E-state index contributed by atoms with van der Waals surface area (Å²) in [5, 5.41) is 0. The zero-order chi connectivity index (χ0) is 13.4. The number of nitrogens with zero attached hydrogens (tertiary/aromatic N) is 1. The van der Waals surface area contributed by atoms with Crippen LogP contribution < -0.4 is 5.73 Å². The normalized spacial score (nSPS) is 13.2. The Labute approximate surface area is 105 Å². The third kappa shape index (κ3) is 8.16. The van der Waals surface area contributed by atoms with Crippen LogP contribution in [-0.4, -0.2) is 43.2 Å². The molecular weight excluding hydrogens is 216 g/mol. The number of rotatable bonds is 8. The van der Waals surface area contributed by atoms with Crippen molar-refractivity contribution in [3.05, 3.63) is 0 Å². The number of hydrogen-bond acceptors (Lipinski definition) is 3. The largest absolute Gasteiger partial charge is 0.378 e. The molecule has 0 rings (SSSR count). The summed E-state index contributed by atoms with van der Waals surface area (Å²) in [4.78, 5) is 13.5. The minimum atomic E-state index is 0.126. The monoisotopic (exact) mass is 244 g/mol. The first-order chi connectivity index (χ1) is 7.84. The predicted molar refractivity (Wildman–Crippen MR) is 70.8 cm³/mol. The van der Waals surface area contributed by atoms with E-state index in [2.05, 4.69) is 13.8 Å². The molecule has 0 radical (unpaired) electrons. The summed E-state index contributed by atoms with van der Waals surface area (Å²) in [7, 11) is 1.82. The third-order valence-electron chi connectivity index (χ3n) is 2.85. The summed E-state index contributed by atoms with van der Waals surface area (Å²) in [5.41, 5.74) is 5.94. The summed E-state index contributed by atoms with van der Waals surface area (Å²) in [6.45, 7) is 9.36. The maximum Gasteiger partial charge on any atom is 0.224 e. The van der Waals surface area contributed by atoms with Gasteiger partial charge >= 0.3 is 0 Å². The van der Waals surface area contributed by atoms with E-state index in [1.54, 1.807) is 4.90 Å². The quantitative estimate of drug-likeness (QED) is 0.706.